The van der Waals surface area contributed by atoms with E-state index in [4.69, 9.17) is 20.9 Å². The fourth-order valence-corrected chi connectivity index (χ4v) is 6.74. The summed E-state index contributed by atoms with van der Waals surface area (Å²) in [5.74, 6) is -1.81. The van der Waals surface area contributed by atoms with E-state index >= 15 is 0 Å². The van der Waals surface area contributed by atoms with E-state index in [0.29, 0.717) is 67.5 Å². The molecule has 1 saturated heterocycles. The van der Waals surface area contributed by atoms with Gasteiger partial charge in [0.2, 0.25) is 11.8 Å². The number of aromatic nitrogens is 2. The Morgan fingerprint density at radius 1 is 1.10 bits per heavy atom. The maximum atomic E-state index is 14.1. The molecule has 2 amide bonds. The number of ether oxygens (including phenoxy) is 1. The Bertz CT molecular complexity index is 1460. The highest BCUT2D eigenvalue weighted by Crippen LogP contribution is 2.43. The van der Waals surface area contributed by atoms with Crippen molar-refractivity contribution < 1.29 is 28.8 Å². The first-order valence-corrected chi connectivity index (χ1v) is 14.2. The van der Waals surface area contributed by atoms with Crippen molar-refractivity contribution in [1.82, 2.24) is 19.9 Å². The SMILES string of the molecule is O=C(O)[C@H]1CCCC[C@H]1C(=O)N1CCc2c(Cl)ccc(OCc3noc4ncccc34)c2[C@H]1CN1CCCC1=O. The summed E-state index contributed by atoms with van der Waals surface area (Å²) in [7, 11) is 0. The molecule has 0 spiro atoms. The van der Waals surface area contributed by atoms with Gasteiger partial charge < -0.3 is 24.2 Å². The molecule has 1 N–H and O–H groups in total. The molecule has 1 aliphatic carbocycles. The monoisotopic (exact) mass is 566 g/mol. The molecule has 6 rings (SSSR count). The van der Waals surface area contributed by atoms with Crippen molar-refractivity contribution in [2.24, 2.45) is 11.8 Å². The van der Waals surface area contributed by atoms with Crippen LogP contribution in [0.3, 0.4) is 0 Å². The number of carbonyl (C=O) groups excluding carboxylic acids is 2. The Morgan fingerprint density at radius 3 is 2.70 bits per heavy atom. The Hall–Kier alpha value is -3.66. The first kappa shape index (κ1) is 26.6. The Balaban J connectivity index is 1.36. The Labute approximate surface area is 236 Å². The number of carbonyl (C=O) groups is 3. The van der Waals surface area contributed by atoms with Crippen molar-refractivity contribution in [3.8, 4) is 5.75 Å². The normalized spacial score (nSPS) is 22.9. The molecule has 10 nitrogen and oxygen atoms in total. The van der Waals surface area contributed by atoms with E-state index in [1.165, 1.54) is 0 Å². The molecule has 2 aliphatic heterocycles. The minimum absolute atomic E-state index is 0.0478. The average Bonchev–Trinajstić information content (AvgIpc) is 3.58. The van der Waals surface area contributed by atoms with E-state index in [1.807, 2.05) is 6.07 Å². The van der Waals surface area contributed by atoms with Crippen LogP contribution in [0.4, 0.5) is 0 Å². The second-order valence-electron chi connectivity index (χ2n) is 10.8. The van der Waals surface area contributed by atoms with Crippen LogP contribution in [0.2, 0.25) is 5.02 Å². The van der Waals surface area contributed by atoms with Gasteiger partial charge in [-0.25, -0.2) is 4.98 Å². The second kappa shape index (κ2) is 11.1. The van der Waals surface area contributed by atoms with Gasteiger partial charge >= 0.3 is 5.97 Å². The first-order chi connectivity index (χ1) is 19.4. The average molecular weight is 567 g/mol. The number of pyridine rings is 1. The Morgan fingerprint density at radius 2 is 1.93 bits per heavy atom. The molecule has 210 valence electrons. The van der Waals surface area contributed by atoms with Gasteiger partial charge in [0.1, 0.15) is 18.1 Å². The number of carboxylic acids is 1. The van der Waals surface area contributed by atoms with Crippen LogP contribution in [0.1, 0.15) is 61.4 Å². The van der Waals surface area contributed by atoms with Crippen LogP contribution >= 0.6 is 11.6 Å². The molecule has 2 aromatic heterocycles. The predicted octanol–water partition coefficient (Wildman–Crippen LogP) is 4.39. The number of aliphatic carboxylic acids is 1. The zero-order chi connectivity index (χ0) is 27.8. The molecule has 40 heavy (non-hydrogen) atoms. The third kappa shape index (κ3) is 4.89. The molecule has 3 aliphatic rings. The van der Waals surface area contributed by atoms with E-state index in [-0.39, 0.29) is 18.4 Å². The number of rotatable bonds is 7. The minimum atomic E-state index is -0.928. The predicted molar refractivity (Wildman–Crippen MR) is 145 cm³/mol. The van der Waals surface area contributed by atoms with E-state index < -0.39 is 23.8 Å². The first-order valence-electron chi connectivity index (χ1n) is 13.9. The van der Waals surface area contributed by atoms with Crippen molar-refractivity contribution >= 4 is 40.5 Å². The molecule has 2 fully saturated rings. The minimum Gasteiger partial charge on any atom is -0.487 e. The van der Waals surface area contributed by atoms with Crippen molar-refractivity contribution in [3.63, 3.8) is 0 Å². The lowest BCUT2D eigenvalue weighted by Crippen LogP contribution is -2.50. The van der Waals surface area contributed by atoms with Gasteiger partial charge in [0, 0.05) is 42.8 Å². The number of fused-ring (bicyclic) bond motifs is 2. The van der Waals surface area contributed by atoms with Crippen LogP contribution in [0, 0.1) is 11.8 Å². The van der Waals surface area contributed by atoms with Gasteiger partial charge in [-0.2, -0.15) is 0 Å². The fraction of sp³-hybridized carbons (Fsp3) is 0.483. The highest BCUT2D eigenvalue weighted by atomic mass is 35.5. The summed E-state index contributed by atoms with van der Waals surface area (Å²) in [6.07, 6.45) is 6.03. The summed E-state index contributed by atoms with van der Waals surface area (Å²) in [5, 5.41) is 15.3. The van der Waals surface area contributed by atoms with Crippen molar-refractivity contribution in [2.45, 2.75) is 57.6 Å². The highest BCUT2D eigenvalue weighted by molar-refractivity contribution is 6.31. The third-order valence-corrected chi connectivity index (χ3v) is 8.86. The summed E-state index contributed by atoms with van der Waals surface area (Å²) in [4.78, 5) is 46.6. The van der Waals surface area contributed by atoms with Crippen LogP contribution in [0.15, 0.2) is 35.0 Å². The number of likely N-dealkylation sites (tertiary alicyclic amines) is 1. The number of benzene rings is 1. The number of halogens is 1. The smallest absolute Gasteiger partial charge is 0.307 e. The molecule has 11 heteroatoms. The van der Waals surface area contributed by atoms with E-state index in [0.717, 1.165) is 35.8 Å². The van der Waals surface area contributed by atoms with Gasteiger partial charge in [-0.15, -0.1) is 0 Å². The van der Waals surface area contributed by atoms with Gasteiger partial charge in [-0.1, -0.05) is 29.6 Å². The topological polar surface area (TPSA) is 126 Å². The zero-order valence-electron chi connectivity index (χ0n) is 22.1. The van der Waals surface area contributed by atoms with Crippen LogP contribution in [0.5, 0.6) is 5.75 Å². The molecule has 1 aromatic carbocycles. The number of hydrogen-bond acceptors (Lipinski definition) is 7. The van der Waals surface area contributed by atoms with Crippen LogP contribution in [-0.2, 0) is 27.4 Å². The van der Waals surface area contributed by atoms with E-state index in [9.17, 15) is 19.5 Å². The lowest BCUT2D eigenvalue weighted by Gasteiger charge is -2.43. The zero-order valence-corrected chi connectivity index (χ0v) is 22.8. The molecule has 1 saturated carbocycles. The second-order valence-corrected chi connectivity index (χ2v) is 11.2. The summed E-state index contributed by atoms with van der Waals surface area (Å²) in [6, 6.07) is 6.72. The Kier molecular flexibility index (Phi) is 7.35. The fourth-order valence-electron chi connectivity index (χ4n) is 6.48. The van der Waals surface area contributed by atoms with Crippen LogP contribution in [0.25, 0.3) is 11.1 Å². The van der Waals surface area contributed by atoms with Gasteiger partial charge in [0.05, 0.1) is 23.3 Å². The summed E-state index contributed by atoms with van der Waals surface area (Å²) >= 11 is 6.69. The lowest BCUT2D eigenvalue weighted by molar-refractivity contribution is -0.154. The quantitative estimate of drug-likeness (QED) is 0.446. The largest absolute Gasteiger partial charge is 0.487 e. The molecule has 0 bridgehead atoms. The van der Waals surface area contributed by atoms with E-state index in [2.05, 4.69) is 10.1 Å². The maximum Gasteiger partial charge on any atom is 0.307 e. The molecular formula is C29H31ClN4O6. The van der Waals surface area contributed by atoms with Crippen LogP contribution in [-0.4, -0.2) is 62.5 Å². The summed E-state index contributed by atoms with van der Waals surface area (Å²) in [6.45, 7) is 1.42. The van der Waals surface area contributed by atoms with Crippen molar-refractivity contribution in [2.75, 3.05) is 19.6 Å². The molecule has 3 atom stereocenters. The number of amides is 2. The van der Waals surface area contributed by atoms with Crippen LogP contribution < -0.4 is 4.74 Å². The number of carboxylic acid groups (broad SMARTS) is 1. The van der Waals surface area contributed by atoms with Crippen molar-refractivity contribution in [1.29, 1.82) is 0 Å². The number of hydrogen-bond donors (Lipinski definition) is 1. The van der Waals surface area contributed by atoms with E-state index in [1.54, 1.807) is 34.2 Å². The van der Waals surface area contributed by atoms with Gasteiger partial charge in [0.25, 0.3) is 5.71 Å². The standard InChI is InChI=1S/C29H31ClN4O6/c30-21-9-10-24(39-16-22-20-7-3-12-31-27(20)40-32-22)26-19(21)11-14-34(23(26)15-33-13-4-8-25(33)35)28(36)17-5-1-2-6-18(17)29(37)38/h3,7,9-10,12,17-18,23H,1-2,4-6,8,11,13-16H2,(H,37,38)/t17-,18+,23-/m1/s1. The molecule has 0 radical (unpaired) electrons. The van der Waals surface area contributed by atoms with Gasteiger partial charge in [-0.05, 0) is 55.5 Å². The van der Waals surface area contributed by atoms with Gasteiger partial charge in [0.15, 0.2) is 0 Å². The van der Waals surface area contributed by atoms with Crippen molar-refractivity contribution in [3.05, 3.63) is 52.3 Å². The van der Waals surface area contributed by atoms with Gasteiger partial charge in [-0.3, -0.25) is 14.4 Å². The highest BCUT2D eigenvalue weighted by Gasteiger charge is 2.43. The maximum absolute atomic E-state index is 14.1. The number of nitrogens with zero attached hydrogens (tertiary/aromatic N) is 4. The molecule has 3 aromatic rings. The third-order valence-electron chi connectivity index (χ3n) is 8.51. The molecule has 4 heterocycles. The summed E-state index contributed by atoms with van der Waals surface area (Å²) in [5.41, 5.74) is 2.65. The lowest BCUT2D eigenvalue weighted by atomic mass is 9.77. The summed E-state index contributed by atoms with van der Waals surface area (Å²) < 4.78 is 11.7. The molecule has 0 unspecified atom stereocenters. The molecular weight excluding hydrogens is 536 g/mol.